The van der Waals surface area contributed by atoms with Gasteiger partial charge in [0.25, 0.3) is 0 Å². The fraction of sp³-hybridized carbons (Fsp3) is 0.200. The van der Waals surface area contributed by atoms with Crippen molar-refractivity contribution >= 4 is 45.0 Å². The molecule has 0 fully saturated rings. The standard InChI is InChI=1S/C11H10Cl2N2O2.C9H8N2O/c1-16-9-4-7-8(14-6-15-11(7)13)5-10(9)17-3-2-12;1-12-8-2-3-9-7(4-8)5-10-6-11-9/h4-6H,2-3H2,1H3;2-6H,1H3. The SMILES string of the molecule is COc1cc2c(Cl)ncnc2cc1OCCCl.COc1ccc2ncncc2c1. The van der Waals surface area contributed by atoms with E-state index in [0.717, 1.165) is 22.0 Å². The fourth-order valence-electron chi connectivity index (χ4n) is 2.54. The molecule has 0 bridgehead atoms. The van der Waals surface area contributed by atoms with Crippen LogP contribution in [0.4, 0.5) is 0 Å². The molecule has 0 amide bonds. The van der Waals surface area contributed by atoms with Gasteiger partial charge >= 0.3 is 0 Å². The van der Waals surface area contributed by atoms with Gasteiger partial charge in [0, 0.05) is 23.0 Å². The largest absolute Gasteiger partial charge is 0.497 e. The Bertz CT molecular complexity index is 1110. The number of alkyl halides is 1. The molecule has 29 heavy (non-hydrogen) atoms. The van der Waals surface area contributed by atoms with Gasteiger partial charge in [0.1, 0.15) is 30.2 Å². The van der Waals surface area contributed by atoms with Gasteiger partial charge in [0.15, 0.2) is 11.5 Å². The van der Waals surface area contributed by atoms with Crippen molar-refractivity contribution in [2.75, 3.05) is 26.7 Å². The summed E-state index contributed by atoms with van der Waals surface area (Å²) in [6.45, 7) is 0.405. The van der Waals surface area contributed by atoms with E-state index in [2.05, 4.69) is 19.9 Å². The molecule has 0 aliphatic heterocycles. The summed E-state index contributed by atoms with van der Waals surface area (Å²) in [4.78, 5) is 16.0. The fourth-order valence-corrected chi connectivity index (χ4v) is 2.82. The molecule has 0 aliphatic rings. The molecular weight excluding hydrogens is 415 g/mol. The average Bonchev–Trinajstić information content (AvgIpc) is 2.77. The van der Waals surface area contributed by atoms with Crippen LogP contribution in [0.15, 0.2) is 49.2 Å². The summed E-state index contributed by atoms with van der Waals surface area (Å²) in [7, 11) is 3.21. The van der Waals surface area contributed by atoms with Crippen molar-refractivity contribution in [1.29, 1.82) is 0 Å². The molecule has 0 unspecified atom stereocenters. The zero-order valence-electron chi connectivity index (χ0n) is 15.8. The van der Waals surface area contributed by atoms with Gasteiger partial charge in [-0.25, -0.2) is 19.9 Å². The summed E-state index contributed by atoms with van der Waals surface area (Å²) in [5, 5.41) is 2.11. The van der Waals surface area contributed by atoms with Gasteiger partial charge in [-0.3, -0.25) is 0 Å². The predicted octanol–water partition coefficient (Wildman–Crippen LogP) is 4.55. The highest BCUT2D eigenvalue weighted by atomic mass is 35.5. The minimum Gasteiger partial charge on any atom is -0.497 e. The monoisotopic (exact) mass is 432 g/mol. The summed E-state index contributed by atoms with van der Waals surface area (Å²) < 4.78 is 15.8. The second kappa shape index (κ2) is 10.0. The number of rotatable bonds is 5. The number of fused-ring (bicyclic) bond motifs is 2. The first-order chi connectivity index (χ1) is 14.2. The molecule has 4 rings (SSSR count). The lowest BCUT2D eigenvalue weighted by Crippen LogP contribution is -2.00. The molecule has 4 aromatic rings. The molecule has 0 radical (unpaired) electrons. The topological polar surface area (TPSA) is 79.3 Å². The maximum absolute atomic E-state index is 5.97. The van der Waals surface area contributed by atoms with Crippen molar-refractivity contribution < 1.29 is 14.2 Å². The Kier molecular flexibility index (Phi) is 7.21. The van der Waals surface area contributed by atoms with E-state index in [4.69, 9.17) is 37.4 Å². The second-order valence-corrected chi connectivity index (χ2v) is 6.41. The summed E-state index contributed by atoms with van der Waals surface area (Å²) in [5.74, 6) is 2.41. The number of ether oxygens (including phenoxy) is 3. The lowest BCUT2D eigenvalue weighted by Gasteiger charge is -2.10. The Morgan fingerprint density at radius 3 is 2.48 bits per heavy atom. The van der Waals surface area contributed by atoms with Crippen molar-refractivity contribution in [2.45, 2.75) is 0 Å². The van der Waals surface area contributed by atoms with E-state index in [9.17, 15) is 0 Å². The van der Waals surface area contributed by atoms with Crippen LogP contribution in [0.3, 0.4) is 0 Å². The third-order valence-corrected chi connectivity index (χ3v) is 4.37. The van der Waals surface area contributed by atoms with Crippen LogP contribution in [0.1, 0.15) is 0 Å². The van der Waals surface area contributed by atoms with E-state index < -0.39 is 0 Å². The van der Waals surface area contributed by atoms with Crippen molar-refractivity contribution in [2.24, 2.45) is 0 Å². The lowest BCUT2D eigenvalue weighted by molar-refractivity contribution is 0.313. The summed E-state index contributed by atoms with van der Waals surface area (Å²) in [6, 6.07) is 9.22. The van der Waals surface area contributed by atoms with E-state index in [1.165, 1.54) is 12.7 Å². The molecule has 2 aromatic carbocycles. The van der Waals surface area contributed by atoms with E-state index in [1.54, 1.807) is 32.5 Å². The maximum atomic E-state index is 5.97. The van der Waals surface area contributed by atoms with Gasteiger partial charge in [0.05, 0.1) is 31.1 Å². The number of benzene rings is 2. The molecule has 0 atom stereocenters. The van der Waals surface area contributed by atoms with Gasteiger partial charge in [0.2, 0.25) is 0 Å². The van der Waals surface area contributed by atoms with Crippen molar-refractivity contribution in [3.63, 3.8) is 0 Å². The summed E-state index contributed by atoms with van der Waals surface area (Å²) in [5.41, 5.74) is 1.64. The maximum Gasteiger partial charge on any atom is 0.163 e. The first-order valence-electron chi connectivity index (χ1n) is 8.57. The molecule has 0 spiro atoms. The van der Waals surface area contributed by atoms with Crippen LogP contribution in [0.2, 0.25) is 5.15 Å². The van der Waals surface area contributed by atoms with Crippen LogP contribution >= 0.6 is 23.2 Å². The number of nitrogens with zero attached hydrogens (tertiary/aromatic N) is 4. The molecule has 0 N–H and O–H groups in total. The van der Waals surface area contributed by atoms with E-state index in [0.29, 0.717) is 34.7 Å². The number of aromatic nitrogens is 4. The minimum absolute atomic E-state index is 0.386. The van der Waals surface area contributed by atoms with Gasteiger partial charge < -0.3 is 14.2 Å². The molecule has 2 aromatic heterocycles. The Balaban J connectivity index is 0.000000176. The molecular formula is C20H18Cl2N4O3. The summed E-state index contributed by atoms with van der Waals surface area (Å²) in [6.07, 6.45) is 4.71. The molecule has 2 heterocycles. The van der Waals surface area contributed by atoms with Crippen LogP contribution in [0, 0.1) is 0 Å². The van der Waals surface area contributed by atoms with Gasteiger partial charge in [-0.15, -0.1) is 11.6 Å². The van der Waals surface area contributed by atoms with Gasteiger partial charge in [-0.1, -0.05) is 11.6 Å². The third-order valence-electron chi connectivity index (χ3n) is 3.92. The quantitative estimate of drug-likeness (QED) is 0.338. The molecule has 0 saturated carbocycles. The summed E-state index contributed by atoms with van der Waals surface area (Å²) >= 11 is 11.6. The van der Waals surface area contributed by atoms with Crippen LogP contribution in [-0.4, -0.2) is 46.6 Å². The number of methoxy groups -OCH3 is 2. The second-order valence-electron chi connectivity index (χ2n) is 5.67. The van der Waals surface area contributed by atoms with Crippen LogP contribution in [-0.2, 0) is 0 Å². The van der Waals surface area contributed by atoms with Crippen LogP contribution in [0.25, 0.3) is 21.8 Å². The van der Waals surface area contributed by atoms with Crippen molar-refractivity contribution in [1.82, 2.24) is 19.9 Å². The Hall–Kier alpha value is -2.90. The molecule has 150 valence electrons. The molecule has 7 nitrogen and oxygen atoms in total. The Morgan fingerprint density at radius 2 is 1.72 bits per heavy atom. The first kappa shape index (κ1) is 20.8. The minimum atomic E-state index is 0.386. The Morgan fingerprint density at radius 1 is 0.897 bits per heavy atom. The number of hydrogen-bond donors (Lipinski definition) is 0. The zero-order valence-corrected chi connectivity index (χ0v) is 17.3. The van der Waals surface area contributed by atoms with Crippen molar-refractivity contribution in [3.05, 3.63) is 54.3 Å². The highest BCUT2D eigenvalue weighted by molar-refractivity contribution is 6.34. The van der Waals surface area contributed by atoms with E-state index >= 15 is 0 Å². The molecule has 9 heteroatoms. The lowest BCUT2D eigenvalue weighted by atomic mass is 10.2. The normalized spacial score (nSPS) is 10.3. The zero-order chi connectivity index (χ0) is 20.6. The Labute approximate surface area is 177 Å². The molecule has 0 saturated heterocycles. The van der Waals surface area contributed by atoms with E-state index in [1.807, 2.05) is 18.2 Å². The van der Waals surface area contributed by atoms with Crippen LogP contribution in [0.5, 0.6) is 17.2 Å². The smallest absolute Gasteiger partial charge is 0.163 e. The molecule has 0 aliphatic carbocycles. The van der Waals surface area contributed by atoms with Gasteiger partial charge in [-0.05, 0) is 24.3 Å². The highest BCUT2D eigenvalue weighted by Crippen LogP contribution is 2.33. The van der Waals surface area contributed by atoms with Crippen LogP contribution < -0.4 is 14.2 Å². The van der Waals surface area contributed by atoms with E-state index in [-0.39, 0.29) is 0 Å². The number of hydrogen-bond acceptors (Lipinski definition) is 7. The first-order valence-corrected chi connectivity index (χ1v) is 9.48. The van der Waals surface area contributed by atoms with Crippen molar-refractivity contribution in [3.8, 4) is 17.2 Å². The predicted molar refractivity (Wildman–Crippen MR) is 113 cm³/mol. The third kappa shape index (κ3) is 5.13. The average molecular weight is 433 g/mol. The number of halogens is 2. The highest BCUT2D eigenvalue weighted by Gasteiger charge is 2.10. The van der Waals surface area contributed by atoms with Gasteiger partial charge in [-0.2, -0.15) is 0 Å².